The molecule has 1 heterocycles. The monoisotopic (exact) mass is 301 g/mol. The molecule has 0 aliphatic carbocycles. The molecule has 3 aromatic rings. The number of rotatable bonds is 2. The van der Waals surface area contributed by atoms with Gasteiger partial charge < -0.3 is 5.73 Å². The highest BCUT2D eigenvalue weighted by atomic mass is 35.5. The molecule has 1 unspecified atom stereocenters. The van der Waals surface area contributed by atoms with Crippen molar-refractivity contribution in [2.75, 3.05) is 0 Å². The van der Waals surface area contributed by atoms with Gasteiger partial charge in [0.2, 0.25) is 0 Å². The van der Waals surface area contributed by atoms with Crippen LogP contribution in [0.1, 0.15) is 18.7 Å². The highest BCUT2D eigenvalue weighted by Gasteiger charge is 2.15. The molecule has 21 heavy (non-hydrogen) atoms. The first-order chi connectivity index (χ1) is 10.1. The minimum absolute atomic E-state index is 0.320. The van der Waals surface area contributed by atoms with Crippen LogP contribution in [0.2, 0.25) is 5.02 Å². The lowest BCUT2D eigenvalue weighted by atomic mass is 10.1. The van der Waals surface area contributed by atoms with Crippen molar-refractivity contribution < 1.29 is 4.39 Å². The molecular formula is C16H13ClFN3. The fourth-order valence-electron chi connectivity index (χ4n) is 2.22. The summed E-state index contributed by atoms with van der Waals surface area (Å²) in [7, 11) is 0. The third-order valence-electron chi connectivity index (χ3n) is 3.20. The molecule has 0 aliphatic heterocycles. The van der Waals surface area contributed by atoms with E-state index in [0.717, 1.165) is 0 Å². The second-order valence-corrected chi connectivity index (χ2v) is 5.27. The fraction of sp³-hybridized carbons (Fsp3) is 0.125. The second-order valence-electron chi connectivity index (χ2n) is 4.86. The summed E-state index contributed by atoms with van der Waals surface area (Å²) in [5.41, 5.74) is 9.07. The summed E-state index contributed by atoms with van der Waals surface area (Å²) in [6, 6.07) is 11.3. The third kappa shape index (κ3) is 2.60. The Bertz CT molecular complexity index is 818. The van der Waals surface area contributed by atoms with Crippen LogP contribution in [0.15, 0.2) is 42.5 Å². The van der Waals surface area contributed by atoms with Gasteiger partial charge >= 0.3 is 0 Å². The Labute approximate surface area is 126 Å². The molecule has 0 spiro atoms. The summed E-state index contributed by atoms with van der Waals surface area (Å²) in [5, 5.41) is 0.508. The van der Waals surface area contributed by atoms with E-state index < -0.39 is 0 Å². The van der Waals surface area contributed by atoms with E-state index in [0.29, 0.717) is 33.0 Å². The highest BCUT2D eigenvalue weighted by molar-refractivity contribution is 6.34. The van der Waals surface area contributed by atoms with Gasteiger partial charge in [-0.25, -0.2) is 14.4 Å². The molecule has 0 saturated heterocycles. The molecule has 0 fully saturated rings. The largest absolute Gasteiger partial charge is 0.323 e. The van der Waals surface area contributed by atoms with Gasteiger partial charge in [0, 0.05) is 11.6 Å². The number of halogens is 2. The fourth-order valence-corrected chi connectivity index (χ4v) is 2.43. The topological polar surface area (TPSA) is 51.8 Å². The van der Waals surface area contributed by atoms with E-state index in [1.165, 1.54) is 12.1 Å². The molecule has 1 atom stereocenters. The van der Waals surface area contributed by atoms with Crippen molar-refractivity contribution in [3.05, 3.63) is 59.0 Å². The molecule has 0 saturated carbocycles. The smallest absolute Gasteiger partial charge is 0.123 e. The summed E-state index contributed by atoms with van der Waals surface area (Å²) in [6.07, 6.45) is 0. The number of para-hydroxylation sites is 1. The summed E-state index contributed by atoms with van der Waals surface area (Å²) in [4.78, 5) is 9.11. The van der Waals surface area contributed by atoms with Gasteiger partial charge in [-0.15, -0.1) is 0 Å². The maximum atomic E-state index is 13.5. The Hall–Kier alpha value is -2.04. The number of benzene rings is 2. The van der Waals surface area contributed by atoms with Crippen LogP contribution in [0.3, 0.4) is 0 Å². The Balaban J connectivity index is 2.34. The van der Waals surface area contributed by atoms with Crippen molar-refractivity contribution in [2.24, 2.45) is 5.73 Å². The first kappa shape index (κ1) is 13.9. The zero-order valence-electron chi connectivity index (χ0n) is 11.3. The van der Waals surface area contributed by atoms with Crippen LogP contribution in [0.5, 0.6) is 0 Å². The highest BCUT2D eigenvalue weighted by Crippen LogP contribution is 2.29. The van der Waals surface area contributed by atoms with Gasteiger partial charge in [0.25, 0.3) is 0 Å². The van der Waals surface area contributed by atoms with E-state index in [1.54, 1.807) is 18.2 Å². The predicted molar refractivity (Wildman–Crippen MR) is 82.5 cm³/mol. The van der Waals surface area contributed by atoms with Gasteiger partial charge in [-0.1, -0.05) is 29.8 Å². The lowest BCUT2D eigenvalue weighted by molar-refractivity contribution is 0.628. The lowest BCUT2D eigenvalue weighted by Gasteiger charge is -2.13. The van der Waals surface area contributed by atoms with E-state index in [4.69, 9.17) is 17.3 Å². The summed E-state index contributed by atoms with van der Waals surface area (Å²) in [5.74, 6) is -0.329. The van der Waals surface area contributed by atoms with Gasteiger partial charge in [-0.2, -0.15) is 0 Å². The minimum Gasteiger partial charge on any atom is -0.323 e. The quantitative estimate of drug-likeness (QED) is 0.775. The molecule has 2 N–H and O–H groups in total. The molecule has 5 heteroatoms. The van der Waals surface area contributed by atoms with Crippen LogP contribution < -0.4 is 5.73 Å². The first-order valence-corrected chi connectivity index (χ1v) is 6.92. The van der Waals surface area contributed by atoms with Crippen molar-refractivity contribution in [1.29, 1.82) is 0 Å². The molecule has 0 aliphatic rings. The normalized spacial score (nSPS) is 12.6. The first-order valence-electron chi connectivity index (χ1n) is 6.54. The number of hydrogen-bond donors (Lipinski definition) is 1. The average Bonchev–Trinajstić information content (AvgIpc) is 2.46. The molecule has 0 amide bonds. The van der Waals surface area contributed by atoms with Crippen LogP contribution in [-0.2, 0) is 0 Å². The number of aromatic nitrogens is 2. The van der Waals surface area contributed by atoms with Crippen LogP contribution >= 0.6 is 11.6 Å². The molecular weight excluding hydrogens is 289 g/mol. The standard InChI is InChI=1S/C16H13ClFN3/c1-9(19)14-15(10-4-2-5-11(18)8-10)21-16-12(17)6-3-7-13(16)20-14/h2-9H,19H2,1H3. The minimum atomic E-state index is -0.329. The number of fused-ring (bicyclic) bond motifs is 1. The average molecular weight is 302 g/mol. The van der Waals surface area contributed by atoms with Crippen LogP contribution in [0.25, 0.3) is 22.3 Å². The van der Waals surface area contributed by atoms with E-state index in [9.17, 15) is 4.39 Å². The van der Waals surface area contributed by atoms with Crippen LogP contribution in [0.4, 0.5) is 4.39 Å². The zero-order chi connectivity index (χ0) is 15.0. The third-order valence-corrected chi connectivity index (χ3v) is 3.51. The Kier molecular flexibility index (Phi) is 3.57. The second kappa shape index (κ2) is 5.39. The van der Waals surface area contributed by atoms with Crippen LogP contribution in [0, 0.1) is 5.82 Å². The molecule has 0 bridgehead atoms. The Morgan fingerprint density at radius 2 is 1.90 bits per heavy atom. The zero-order valence-corrected chi connectivity index (χ0v) is 12.1. The molecule has 106 valence electrons. The van der Waals surface area contributed by atoms with Crippen molar-refractivity contribution in [2.45, 2.75) is 13.0 Å². The molecule has 2 aromatic carbocycles. The van der Waals surface area contributed by atoms with Gasteiger partial charge in [0.15, 0.2) is 0 Å². The SMILES string of the molecule is CC(N)c1nc2cccc(Cl)c2nc1-c1cccc(F)c1. The summed E-state index contributed by atoms with van der Waals surface area (Å²) < 4.78 is 13.5. The van der Waals surface area contributed by atoms with Crippen molar-refractivity contribution in [1.82, 2.24) is 9.97 Å². The molecule has 0 radical (unpaired) electrons. The van der Waals surface area contributed by atoms with E-state index >= 15 is 0 Å². The van der Waals surface area contributed by atoms with E-state index in [-0.39, 0.29) is 11.9 Å². The maximum absolute atomic E-state index is 13.5. The van der Waals surface area contributed by atoms with Gasteiger partial charge in [-0.05, 0) is 31.2 Å². The van der Waals surface area contributed by atoms with E-state index in [2.05, 4.69) is 9.97 Å². The van der Waals surface area contributed by atoms with Crippen molar-refractivity contribution in [3.63, 3.8) is 0 Å². The van der Waals surface area contributed by atoms with E-state index in [1.807, 2.05) is 19.1 Å². The van der Waals surface area contributed by atoms with Gasteiger partial charge in [0.1, 0.15) is 11.3 Å². The summed E-state index contributed by atoms with van der Waals surface area (Å²) in [6.45, 7) is 1.82. The molecule has 3 nitrogen and oxygen atoms in total. The number of hydrogen-bond acceptors (Lipinski definition) is 3. The van der Waals surface area contributed by atoms with Gasteiger partial charge in [0.05, 0.1) is 21.9 Å². The van der Waals surface area contributed by atoms with Crippen molar-refractivity contribution in [3.8, 4) is 11.3 Å². The number of nitrogens with zero attached hydrogens (tertiary/aromatic N) is 2. The lowest BCUT2D eigenvalue weighted by Crippen LogP contribution is -2.11. The maximum Gasteiger partial charge on any atom is 0.123 e. The van der Waals surface area contributed by atoms with Crippen LogP contribution in [-0.4, -0.2) is 9.97 Å². The Morgan fingerprint density at radius 1 is 1.14 bits per heavy atom. The number of nitrogens with two attached hydrogens (primary N) is 1. The van der Waals surface area contributed by atoms with Gasteiger partial charge in [-0.3, -0.25) is 0 Å². The van der Waals surface area contributed by atoms with Crippen molar-refractivity contribution >= 4 is 22.6 Å². The molecule has 1 aromatic heterocycles. The Morgan fingerprint density at radius 3 is 2.62 bits per heavy atom. The predicted octanol–water partition coefficient (Wildman–Crippen LogP) is 4.11. The summed E-state index contributed by atoms with van der Waals surface area (Å²) >= 11 is 6.17. The molecule has 3 rings (SSSR count).